The van der Waals surface area contributed by atoms with Gasteiger partial charge in [0.15, 0.2) is 0 Å². The maximum atomic E-state index is 5.81. The van der Waals surface area contributed by atoms with Crippen LogP contribution < -0.4 is 0 Å². The zero-order valence-electron chi connectivity index (χ0n) is 13.2. The van der Waals surface area contributed by atoms with E-state index in [-0.39, 0.29) is 0 Å². The van der Waals surface area contributed by atoms with Crippen LogP contribution in [0, 0.1) is 5.92 Å². The van der Waals surface area contributed by atoms with E-state index >= 15 is 0 Å². The molecule has 0 saturated heterocycles. The first-order chi connectivity index (χ1) is 8.85. The SMILES string of the molecule is CCCCCCCCCOCC(CC)CCCC. The Bertz CT molecular complexity index is 145. The topological polar surface area (TPSA) is 9.23 Å². The van der Waals surface area contributed by atoms with Gasteiger partial charge in [0.1, 0.15) is 0 Å². The number of hydrogen-bond acceptors (Lipinski definition) is 1. The summed E-state index contributed by atoms with van der Waals surface area (Å²) in [4.78, 5) is 0. The Hall–Kier alpha value is -0.0400. The predicted molar refractivity (Wildman–Crippen MR) is 82.1 cm³/mol. The highest BCUT2D eigenvalue weighted by atomic mass is 16.5. The lowest BCUT2D eigenvalue weighted by Crippen LogP contribution is -2.09. The molecule has 0 aliphatic carbocycles. The van der Waals surface area contributed by atoms with Crippen LogP contribution in [-0.4, -0.2) is 13.2 Å². The molecule has 0 N–H and O–H groups in total. The lowest BCUT2D eigenvalue weighted by molar-refractivity contribution is 0.0908. The van der Waals surface area contributed by atoms with E-state index in [9.17, 15) is 0 Å². The number of rotatable bonds is 14. The Kier molecular flexibility index (Phi) is 15.0. The quantitative estimate of drug-likeness (QED) is 0.348. The Morgan fingerprint density at radius 1 is 0.722 bits per heavy atom. The molecule has 0 aliphatic rings. The van der Waals surface area contributed by atoms with Crippen LogP contribution in [0.3, 0.4) is 0 Å². The molecule has 0 heterocycles. The maximum Gasteiger partial charge on any atom is 0.0494 e. The van der Waals surface area contributed by atoms with Gasteiger partial charge in [-0.05, 0) is 18.8 Å². The summed E-state index contributed by atoms with van der Waals surface area (Å²) in [6, 6.07) is 0. The molecule has 1 atom stereocenters. The van der Waals surface area contributed by atoms with Gasteiger partial charge < -0.3 is 4.74 Å². The summed E-state index contributed by atoms with van der Waals surface area (Å²) in [5.74, 6) is 0.800. The van der Waals surface area contributed by atoms with E-state index in [0.717, 1.165) is 19.1 Å². The highest BCUT2D eigenvalue weighted by Gasteiger charge is 2.05. The Morgan fingerprint density at radius 3 is 1.94 bits per heavy atom. The molecule has 0 radical (unpaired) electrons. The molecule has 0 spiro atoms. The normalized spacial score (nSPS) is 12.8. The van der Waals surface area contributed by atoms with Crippen LogP contribution in [-0.2, 0) is 4.74 Å². The van der Waals surface area contributed by atoms with Gasteiger partial charge in [-0.25, -0.2) is 0 Å². The number of ether oxygens (including phenoxy) is 1. The fourth-order valence-electron chi connectivity index (χ4n) is 2.31. The highest BCUT2D eigenvalue weighted by Crippen LogP contribution is 2.13. The van der Waals surface area contributed by atoms with Gasteiger partial charge in [-0.1, -0.05) is 78.6 Å². The standard InChI is InChI=1S/C17H36O/c1-4-7-9-10-11-12-13-15-18-16-17(6-3)14-8-5-2/h17H,4-16H2,1-3H3. The van der Waals surface area contributed by atoms with Crippen LogP contribution in [0.2, 0.25) is 0 Å². The summed E-state index contributed by atoms with van der Waals surface area (Å²) in [6.07, 6.45) is 14.9. The molecule has 1 unspecified atom stereocenters. The van der Waals surface area contributed by atoms with Gasteiger partial charge in [-0.3, -0.25) is 0 Å². The summed E-state index contributed by atoms with van der Waals surface area (Å²) >= 11 is 0. The zero-order valence-corrected chi connectivity index (χ0v) is 13.2. The molecule has 0 aromatic heterocycles. The number of hydrogen-bond donors (Lipinski definition) is 0. The smallest absolute Gasteiger partial charge is 0.0494 e. The van der Waals surface area contributed by atoms with Crippen molar-refractivity contribution in [2.45, 2.75) is 91.4 Å². The molecule has 0 aromatic rings. The highest BCUT2D eigenvalue weighted by molar-refractivity contribution is 4.56. The largest absolute Gasteiger partial charge is 0.381 e. The second-order valence-electron chi connectivity index (χ2n) is 5.61. The Balaban J connectivity index is 3.17. The summed E-state index contributed by atoms with van der Waals surface area (Å²) in [6.45, 7) is 8.81. The summed E-state index contributed by atoms with van der Waals surface area (Å²) in [7, 11) is 0. The summed E-state index contributed by atoms with van der Waals surface area (Å²) in [5.41, 5.74) is 0. The van der Waals surface area contributed by atoms with Crippen LogP contribution in [0.25, 0.3) is 0 Å². The first kappa shape index (κ1) is 18.0. The minimum atomic E-state index is 0.800. The Labute approximate surface area is 116 Å². The van der Waals surface area contributed by atoms with Crippen molar-refractivity contribution in [3.63, 3.8) is 0 Å². The number of unbranched alkanes of at least 4 members (excludes halogenated alkanes) is 7. The van der Waals surface area contributed by atoms with E-state index in [2.05, 4.69) is 20.8 Å². The van der Waals surface area contributed by atoms with Gasteiger partial charge in [0, 0.05) is 13.2 Å². The van der Waals surface area contributed by atoms with E-state index in [4.69, 9.17) is 4.74 Å². The minimum Gasteiger partial charge on any atom is -0.381 e. The minimum absolute atomic E-state index is 0.800. The fraction of sp³-hybridized carbons (Fsp3) is 1.00. The van der Waals surface area contributed by atoms with E-state index in [1.54, 1.807) is 0 Å². The molecule has 0 bridgehead atoms. The molecule has 0 fully saturated rings. The van der Waals surface area contributed by atoms with E-state index in [1.807, 2.05) is 0 Å². The van der Waals surface area contributed by atoms with Crippen LogP contribution in [0.5, 0.6) is 0 Å². The van der Waals surface area contributed by atoms with Gasteiger partial charge in [-0.2, -0.15) is 0 Å². The third kappa shape index (κ3) is 12.4. The van der Waals surface area contributed by atoms with Crippen molar-refractivity contribution in [1.82, 2.24) is 0 Å². The average Bonchev–Trinajstić information content (AvgIpc) is 2.40. The van der Waals surface area contributed by atoms with Crippen molar-refractivity contribution in [2.75, 3.05) is 13.2 Å². The predicted octanol–water partition coefficient (Wildman–Crippen LogP) is 5.97. The fourth-order valence-corrected chi connectivity index (χ4v) is 2.31. The van der Waals surface area contributed by atoms with Gasteiger partial charge in [0.05, 0.1) is 0 Å². The molecule has 0 aromatic carbocycles. The molecule has 1 heteroatoms. The second-order valence-corrected chi connectivity index (χ2v) is 5.61. The first-order valence-corrected chi connectivity index (χ1v) is 8.42. The van der Waals surface area contributed by atoms with Crippen LogP contribution in [0.1, 0.15) is 91.4 Å². The summed E-state index contributed by atoms with van der Waals surface area (Å²) in [5, 5.41) is 0. The van der Waals surface area contributed by atoms with E-state index in [1.165, 1.54) is 70.6 Å². The van der Waals surface area contributed by atoms with Crippen LogP contribution in [0.4, 0.5) is 0 Å². The lowest BCUT2D eigenvalue weighted by atomic mass is 10.0. The molecule has 18 heavy (non-hydrogen) atoms. The molecule has 0 aliphatic heterocycles. The van der Waals surface area contributed by atoms with Crippen molar-refractivity contribution in [2.24, 2.45) is 5.92 Å². The van der Waals surface area contributed by atoms with Crippen molar-refractivity contribution >= 4 is 0 Å². The summed E-state index contributed by atoms with van der Waals surface area (Å²) < 4.78 is 5.81. The molecule has 0 saturated carbocycles. The van der Waals surface area contributed by atoms with Crippen molar-refractivity contribution in [1.29, 1.82) is 0 Å². The average molecular weight is 256 g/mol. The zero-order chi connectivity index (χ0) is 13.5. The third-order valence-corrected chi connectivity index (χ3v) is 3.79. The molecular formula is C17H36O. The van der Waals surface area contributed by atoms with Crippen LogP contribution >= 0.6 is 0 Å². The molecule has 110 valence electrons. The monoisotopic (exact) mass is 256 g/mol. The maximum absolute atomic E-state index is 5.81. The van der Waals surface area contributed by atoms with Crippen molar-refractivity contribution < 1.29 is 4.74 Å². The Morgan fingerprint density at radius 2 is 1.33 bits per heavy atom. The molecule has 0 rings (SSSR count). The van der Waals surface area contributed by atoms with E-state index < -0.39 is 0 Å². The second kappa shape index (κ2) is 15.0. The van der Waals surface area contributed by atoms with Gasteiger partial charge in [0.2, 0.25) is 0 Å². The van der Waals surface area contributed by atoms with Gasteiger partial charge >= 0.3 is 0 Å². The molecular weight excluding hydrogens is 220 g/mol. The molecule has 1 nitrogen and oxygen atoms in total. The lowest BCUT2D eigenvalue weighted by Gasteiger charge is -2.14. The third-order valence-electron chi connectivity index (χ3n) is 3.79. The van der Waals surface area contributed by atoms with Crippen molar-refractivity contribution in [3.8, 4) is 0 Å². The van der Waals surface area contributed by atoms with Gasteiger partial charge in [-0.15, -0.1) is 0 Å². The first-order valence-electron chi connectivity index (χ1n) is 8.42. The van der Waals surface area contributed by atoms with Crippen LogP contribution in [0.15, 0.2) is 0 Å². The van der Waals surface area contributed by atoms with Gasteiger partial charge in [0.25, 0.3) is 0 Å². The molecule has 0 amide bonds. The van der Waals surface area contributed by atoms with Crippen molar-refractivity contribution in [3.05, 3.63) is 0 Å². The van der Waals surface area contributed by atoms with E-state index in [0.29, 0.717) is 0 Å².